The Kier molecular flexibility index (Phi) is 5.68. The molecule has 0 saturated carbocycles. The number of rotatable bonds is 5. The van der Waals surface area contributed by atoms with E-state index in [1.54, 1.807) is 42.5 Å². The lowest BCUT2D eigenvalue weighted by atomic mass is 10.2. The lowest BCUT2D eigenvalue weighted by Gasteiger charge is -2.07. The number of carbonyl (C=O) groups is 1. The third-order valence-corrected chi connectivity index (χ3v) is 5.29. The largest absolute Gasteiger partial charge is 0.326 e. The fourth-order valence-corrected chi connectivity index (χ4v) is 3.71. The molecule has 23 heavy (non-hydrogen) atoms. The SMILES string of the molecule is Cc1ccc(S(=O)(=O)CCC(=O)Nc2cc(Cl)cc(Cl)c2)cc1. The number of hydrogen-bond acceptors (Lipinski definition) is 3. The predicted octanol–water partition coefficient (Wildman–Crippen LogP) is 4.10. The van der Waals surface area contributed by atoms with Crippen LogP contribution in [-0.2, 0) is 14.6 Å². The van der Waals surface area contributed by atoms with Crippen LogP contribution in [0, 0.1) is 6.92 Å². The normalized spacial score (nSPS) is 11.3. The minimum Gasteiger partial charge on any atom is -0.326 e. The van der Waals surface area contributed by atoms with Gasteiger partial charge in [0.25, 0.3) is 0 Å². The highest BCUT2D eigenvalue weighted by molar-refractivity contribution is 7.91. The topological polar surface area (TPSA) is 63.2 Å². The number of aryl methyl sites for hydroxylation is 1. The van der Waals surface area contributed by atoms with Gasteiger partial charge in [-0.1, -0.05) is 40.9 Å². The Balaban J connectivity index is 1.99. The van der Waals surface area contributed by atoms with Gasteiger partial charge >= 0.3 is 0 Å². The molecule has 0 bridgehead atoms. The van der Waals surface area contributed by atoms with Crippen molar-refractivity contribution in [2.24, 2.45) is 0 Å². The zero-order valence-corrected chi connectivity index (χ0v) is 14.7. The van der Waals surface area contributed by atoms with E-state index in [0.29, 0.717) is 15.7 Å². The number of halogens is 2. The molecule has 0 saturated heterocycles. The van der Waals surface area contributed by atoms with Gasteiger partial charge in [0.05, 0.1) is 10.6 Å². The smallest absolute Gasteiger partial charge is 0.225 e. The lowest BCUT2D eigenvalue weighted by molar-refractivity contribution is -0.115. The Morgan fingerprint density at radius 1 is 1.04 bits per heavy atom. The second-order valence-electron chi connectivity index (χ2n) is 5.09. The number of benzene rings is 2. The van der Waals surface area contributed by atoms with Crippen molar-refractivity contribution in [1.29, 1.82) is 0 Å². The second-order valence-corrected chi connectivity index (χ2v) is 8.07. The van der Waals surface area contributed by atoms with E-state index in [1.807, 2.05) is 6.92 Å². The summed E-state index contributed by atoms with van der Waals surface area (Å²) in [6.07, 6.45) is -0.152. The maximum Gasteiger partial charge on any atom is 0.225 e. The van der Waals surface area contributed by atoms with Crippen molar-refractivity contribution in [3.8, 4) is 0 Å². The first-order valence-electron chi connectivity index (χ1n) is 6.82. The summed E-state index contributed by atoms with van der Waals surface area (Å²) in [5.41, 5.74) is 1.40. The first-order chi connectivity index (χ1) is 10.8. The standard InChI is InChI=1S/C16H15Cl2NO3S/c1-11-2-4-15(5-3-11)23(21,22)7-6-16(20)19-14-9-12(17)8-13(18)10-14/h2-5,8-10H,6-7H2,1H3,(H,19,20). The third kappa shape index (κ3) is 5.23. The average Bonchev–Trinajstić information content (AvgIpc) is 2.44. The van der Waals surface area contributed by atoms with Crippen LogP contribution in [0.5, 0.6) is 0 Å². The summed E-state index contributed by atoms with van der Waals surface area (Å²) < 4.78 is 24.4. The summed E-state index contributed by atoms with van der Waals surface area (Å²) >= 11 is 11.7. The summed E-state index contributed by atoms with van der Waals surface area (Å²) in [7, 11) is -3.49. The highest BCUT2D eigenvalue weighted by atomic mass is 35.5. The van der Waals surface area contributed by atoms with Gasteiger partial charge in [-0.3, -0.25) is 4.79 Å². The molecule has 0 radical (unpaired) electrons. The van der Waals surface area contributed by atoms with Crippen LogP contribution in [-0.4, -0.2) is 20.1 Å². The van der Waals surface area contributed by atoms with Crippen molar-refractivity contribution < 1.29 is 13.2 Å². The minimum absolute atomic E-state index is 0.152. The summed E-state index contributed by atoms with van der Waals surface area (Å²) in [4.78, 5) is 12.1. The van der Waals surface area contributed by atoms with Crippen LogP contribution in [0.2, 0.25) is 10.0 Å². The highest BCUT2D eigenvalue weighted by Crippen LogP contribution is 2.22. The van der Waals surface area contributed by atoms with Gasteiger partial charge in [0.1, 0.15) is 0 Å². The van der Waals surface area contributed by atoms with Crippen molar-refractivity contribution in [3.63, 3.8) is 0 Å². The Morgan fingerprint density at radius 2 is 1.61 bits per heavy atom. The van der Waals surface area contributed by atoms with E-state index in [2.05, 4.69) is 5.32 Å². The molecule has 0 aliphatic heterocycles. The Morgan fingerprint density at radius 3 is 2.17 bits per heavy atom. The molecule has 2 aromatic rings. The van der Waals surface area contributed by atoms with E-state index < -0.39 is 15.7 Å². The van der Waals surface area contributed by atoms with E-state index in [4.69, 9.17) is 23.2 Å². The van der Waals surface area contributed by atoms with Crippen LogP contribution in [0.3, 0.4) is 0 Å². The fraction of sp³-hybridized carbons (Fsp3) is 0.188. The van der Waals surface area contributed by atoms with E-state index in [-0.39, 0.29) is 17.1 Å². The van der Waals surface area contributed by atoms with Crippen LogP contribution < -0.4 is 5.32 Å². The predicted molar refractivity (Wildman–Crippen MR) is 92.9 cm³/mol. The van der Waals surface area contributed by atoms with E-state index in [9.17, 15) is 13.2 Å². The molecule has 0 atom stereocenters. The molecule has 0 aliphatic carbocycles. The highest BCUT2D eigenvalue weighted by Gasteiger charge is 2.16. The number of anilines is 1. The van der Waals surface area contributed by atoms with Gasteiger partial charge in [-0.2, -0.15) is 0 Å². The summed E-state index contributed by atoms with van der Waals surface area (Å²) in [6.45, 7) is 1.87. The molecule has 0 fully saturated rings. The molecule has 0 spiro atoms. The Hall–Kier alpha value is -1.56. The third-order valence-electron chi connectivity index (χ3n) is 3.12. The second kappa shape index (κ2) is 7.34. The zero-order chi connectivity index (χ0) is 17.0. The van der Waals surface area contributed by atoms with Crippen molar-refractivity contribution in [2.75, 3.05) is 11.1 Å². The van der Waals surface area contributed by atoms with Crippen molar-refractivity contribution >= 4 is 44.6 Å². The molecule has 2 rings (SSSR count). The molecule has 7 heteroatoms. The first-order valence-corrected chi connectivity index (χ1v) is 9.22. The maximum absolute atomic E-state index is 12.2. The van der Waals surface area contributed by atoms with E-state index in [0.717, 1.165) is 5.56 Å². The number of nitrogens with one attached hydrogen (secondary N) is 1. The molecule has 2 aromatic carbocycles. The number of carbonyl (C=O) groups excluding carboxylic acids is 1. The van der Waals surface area contributed by atoms with Gasteiger partial charge in [-0.25, -0.2) is 8.42 Å². The summed E-state index contributed by atoms with van der Waals surface area (Å²) in [5.74, 6) is -0.685. The van der Waals surface area contributed by atoms with Crippen LogP contribution in [0.1, 0.15) is 12.0 Å². The number of amides is 1. The maximum atomic E-state index is 12.2. The molecule has 0 aliphatic rings. The van der Waals surface area contributed by atoms with Crippen molar-refractivity contribution in [1.82, 2.24) is 0 Å². The average molecular weight is 372 g/mol. The van der Waals surface area contributed by atoms with Crippen LogP contribution in [0.4, 0.5) is 5.69 Å². The monoisotopic (exact) mass is 371 g/mol. The van der Waals surface area contributed by atoms with Crippen molar-refractivity contribution in [2.45, 2.75) is 18.2 Å². The molecule has 0 unspecified atom stereocenters. The zero-order valence-electron chi connectivity index (χ0n) is 12.3. The van der Waals surface area contributed by atoms with Crippen LogP contribution in [0.25, 0.3) is 0 Å². The Bertz CT molecular complexity index is 797. The Labute approximate surface area is 145 Å². The van der Waals surface area contributed by atoms with Gasteiger partial charge in [-0.05, 0) is 37.3 Å². The van der Waals surface area contributed by atoms with E-state index in [1.165, 1.54) is 0 Å². The van der Waals surface area contributed by atoms with Gasteiger partial charge in [0.2, 0.25) is 5.91 Å². The minimum atomic E-state index is -3.49. The molecular formula is C16H15Cl2NO3S. The van der Waals surface area contributed by atoms with Crippen molar-refractivity contribution in [3.05, 3.63) is 58.1 Å². The molecule has 1 N–H and O–H groups in total. The van der Waals surface area contributed by atoms with Gasteiger partial charge < -0.3 is 5.32 Å². The lowest BCUT2D eigenvalue weighted by Crippen LogP contribution is -2.17. The first kappa shape index (κ1) is 17.8. The number of sulfone groups is 1. The fourth-order valence-electron chi connectivity index (χ4n) is 1.94. The van der Waals surface area contributed by atoms with E-state index >= 15 is 0 Å². The molecule has 1 amide bonds. The van der Waals surface area contributed by atoms with Gasteiger partial charge in [0, 0.05) is 22.2 Å². The molecule has 122 valence electrons. The molecule has 0 heterocycles. The number of hydrogen-bond donors (Lipinski definition) is 1. The van der Waals surface area contributed by atoms with Gasteiger partial charge in [0.15, 0.2) is 9.84 Å². The molecule has 0 aromatic heterocycles. The van der Waals surface area contributed by atoms with Crippen LogP contribution in [0.15, 0.2) is 47.4 Å². The van der Waals surface area contributed by atoms with Crippen LogP contribution >= 0.6 is 23.2 Å². The quantitative estimate of drug-likeness (QED) is 0.859. The summed E-state index contributed by atoms with van der Waals surface area (Å²) in [6, 6.07) is 11.2. The summed E-state index contributed by atoms with van der Waals surface area (Å²) in [5, 5.41) is 3.36. The van der Waals surface area contributed by atoms with Gasteiger partial charge in [-0.15, -0.1) is 0 Å². The molecular weight excluding hydrogens is 357 g/mol. The molecule has 4 nitrogen and oxygen atoms in total.